The molecule has 0 fully saturated rings. The fourth-order valence-corrected chi connectivity index (χ4v) is 2.61. The second-order valence-electron chi connectivity index (χ2n) is 2.78. The van der Waals surface area contributed by atoms with E-state index < -0.39 is 0 Å². The molecule has 2 amide bonds. The van der Waals surface area contributed by atoms with Crippen molar-refractivity contribution in [2.24, 2.45) is 0 Å². The van der Waals surface area contributed by atoms with Gasteiger partial charge in [0.1, 0.15) is 0 Å². The Bertz CT molecular complexity index is 314. The Hall–Kier alpha value is -0.550. The maximum atomic E-state index is 11.4. The first kappa shape index (κ1) is 11.5. The molecular formula is C9H13BrN2OS. The first-order valence-corrected chi connectivity index (χ1v) is 5.99. The number of carbonyl (C=O) groups is 1. The monoisotopic (exact) mass is 276 g/mol. The molecule has 0 atom stereocenters. The van der Waals surface area contributed by atoms with Crippen molar-refractivity contribution < 1.29 is 4.79 Å². The summed E-state index contributed by atoms with van der Waals surface area (Å²) in [6.07, 6.45) is 0. The molecule has 0 radical (unpaired) electrons. The van der Waals surface area contributed by atoms with E-state index in [0.29, 0.717) is 6.54 Å². The van der Waals surface area contributed by atoms with Gasteiger partial charge in [-0.25, -0.2) is 4.79 Å². The third kappa shape index (κ3) is 2.99. The van der Waals surface area contributed by atoms with Crippen LogP contribution in [0.25, 0.3) is 0 Å². The fraction of sp³-hybridized carbons (Fsp3) is 0.444. The van der Waals surface area contributed by atoms with E-state index in [1.807, 2.05) is 19.1 Å². The Balaban J connectivity index is 2.61. The zero-order valence-electron chi connectivity index (χ0n) is 8.21. The van der Waals surface area contributed by atoms with Crippen LogP contribution < -0.4 is 5.32 Å². The summed E-state index contributed by atoms with van der Waals surface area (Å²) in [5, 5.41) is 2.62. The summed E-state index contributed by atoms with van der Waals surface area (Å²) < 4.78 is 1.10. The lowest BCUT2D eigenvalue weighted by atomic mass is 10.4. The molecule has 78 valence electrons. The number of hydrogen-bond donors (Lipinski definition) is 1. The van der Waals surface area contributed by atoms with Crippen LogP contribution in [-0.4, -0.2) is 24.5 Å². The molecule has 0 spiro atoms. The molecular weight excluding hydrogens is 264 g/mol. The van der Waals surface area contributed by atoms with E-state index >= 15 is 0 Å². The highest BCUT2D eigenvalue weighted by molar-refractivity contribution is 9.11. The average molecular weight is 277 g/mol. The van der Waals surface area contributed by atoms with Gasteiger partial charge >= 0.3 is 6.03 Å². The summed E-state index contributed by atoms with van der Waals surface area (Å²) in [4.78, 5) is 14.3. The molecule has 0 unspecified atom stereocenters. The summed E-state index contributed by atoms with van der Waals surface area (Å²) in [6, 6.07) is 4.00. The van der Waals surface area contributed by atoms with Crippen LogP contribution in [0.15, 0.2) is 15.9 Å². The average Bonchev–Trinajstić information content (AvgIpc) is 2.59. The Kier molecular flexibility index (Phi) is 4.41. The number of nitrogens with zero attached hydrogens (tertiary/aromatic N) is 1. The van der Waals surface area contributed by atoms with Crippen molar-refractivity contribution in [2.75, 3.05) is 13.6 Å². The molecule has 0 bridgehead atoms. The number of carbonyl (C=O) groups excluding carboxylic acids is 1. The number of thiophene rings is 1. The third-order valence-corrected chi connectivity index (χ3v) is 3.47. The SMILES string of the molecule is CCN(Cc1ccc(Br)s1)C(=O)NC. The molecule has 14 heavy (non-hydrogen) atoms. The molecule has 1 N–H and O–H groups in total. The minimum absolute atomic E-state index is 0.0305. The minimum Gasteiger partial charge on any atom is -0.341 e. The lowest BCUT2D eigenvalue weighted by Gasteiger charge is -2.19. The summed E-state index contributed by atoms with van der Waals surface area (Å²) in [5.41, 5.74) is 0. The lowest BCUT2D eigenvalue weighted by Crippen LogP contribution is -2.37. The summed E-state index contributed by atoms with van der Waals surface area (Å²) in [6.45, 7) is 3.36. The zero-order valence-corrected chi connectivity index (χ0v) is 10.6. The third-order valence-electron chi connectivity index (χ3n) is 1.86. The zero-order chi connectivity index (χ0) is 10.6. The highest BCUT2D eigenvalue weighted by atomic mass is 79.9. The van der Waals surface area contributed by atoms with Crippen LogP contribution in [0.4, 0.5) is 4.79 Å². The Morgan fingerprint density at radius 3 is 2.79 bits per heavy atom. The van der Waals surface area contributed by atoms with E-state index in [4.69, 9.17) is 0 Å². The molecule has 0 aliphatic heterocycles. The van der Waals surface area contributed by atoms with Gasteiger partial charge in [-0.3, -0.25) is 0 Å². The van der Waals surface area contributed by atoms with Crippen LogP contribution in [0, 0.1) is 0 Å². The van der Waals surface area contributed by atoms with E-state index in [2.05, 4.69) is 21.2 Å². The predicted octanol–water partition coefficient (Wildman–Crippen LogP) is 2.67. The minimum atomic E-state index is -0.0305. The molecule has 1 rings (SSSR count). The first-order valence-electron chi connectivity index (χ1n) is 4.38. The number of rotatable bonds is 3. The van der Waals surface area contributed by atoms with Crippen LogP contribution in [0.1, 0.15) is 11.8 Å². The topological polar surface area (TPSA) is 32.3 Å². The fourth-order valence-electron chi connectivity index (χ4n) is 1.11. The van der Waals surface area contributed by atoms with Gasteiger partial charge in [0.15, 0.2) is 0 Å². The van der Waals surface area contributed by atoms with Crippen molar-refractivity contribution in [3.63, 3.8) is 0 Å². The van der Waals surface area contributed by atoms with Gasteiger partial charge in [-0.2, -0.15) is 0 Å². The van der Waals surface area contributed by atoms with Crippen molar-refractivity contribution in [1.29, 1.82) is 0 Å². The van der Waals surface area contributed by atoms with Gasteiger partial charge in [-0.05, 0) is 35.0 Å². The van der Waals surface area contributed by atoms with Crippen molar-refractivity contribution in [2.45, 2.75) is 13.5 Å². The van der Waals surface area contributed by atoms with Gasteiger partial charge in [-0.15, -0.1) is 11.3 Å². The van der Waals surface area contributed by atoms with E-state index in [0.717, 1.165) is 10.3 Å². The van der Waals surface area contributed by atoms with Crippen molar-refractivity contribution in [3.05, 3.63) is 20.8 Å². The highest BCUT2D eigenvalue weighted by Gasteiger charge is 2.10. The van der Waals surface area contributed by atoms with Crippen molar-refractivity contribution in [3.8, 4) is 0 Å². The van der Waals surface area contributed by atoms with Gasteiger partial charge in [0.2, 0.25) is 0 Å². The number of hydrogen-bond acceptors (Lipinski definition) is 2. The number of nitrogens with one attached hydrogen (secondary N) is 1. The molecule has 0 aliphatic rings. The second kappa shape index (κ2) is 5.36. The Morgan fingerprint density at radius 2 is 2.36 bits per heavy atom. The second-order valence-corrected chi connectivity index (χ2v) is 5.32. The first-order chi connectivity index (χ1) is 6.67. The number of urea groups is 1. The molecule has 1 aromatic heterocycles. The van der Waals surface area contributed by atoms with Crippen LogP contribution in [0.5, 0.6) is 0 Å². The van der Waals surface area contributed by atoms with Gasteiger partial charge in [0.05, 0.1) is 10.3 Å². The molecule has 0 saturated carbocycles. The molecule has 0 aromatic carbocycles. The smallest absolute Gasteiger partial charge is 0.317 e. The largest absolute Gasteiger partial charge is 0.341 e. The Morgan fingerprint density at radius 1 is 1.64 bits per heavy atom. The van der Waals surface area contributed by atoms with Crippen LogP contribution in [-0.2, 0) is 6.54 Å². The van der Waals surface area contributed by atoms with Crippen LogP contribution in [0.3, 0.4) is 0 Å². The lowest BCUT2D eigenvalue weighted by molar-refractivity contribution is 0.201. The van der Waals surface area contributed by atoms with E-state index in [9.17, 15) is 4.79 Å². The van der Waals surface area contributed by atoms with E-state index in [1.165, 1.54) is 4.88 Å². The van der Waals surface area contributed by atoms with E-state index in [1.54, 1.807) is 23.3 Å². The molecule has 1 heterocycles. The van der Waals surface area contributed by atoms with Gasteiger partial charge < -0.3 is 10.2 Å². The predicted molar refractivity (Wildman–Crippen MR) is 62.6 cm³/mol. The van der Waals surface area contributed by atoms with Crippen LogP contribution in [0.2, 0.25) is 0 Å². The van der Waals surface area contributed by atoms with Gasteiger partial charge in [0, 0.05) is 18.5 Å². The summed E-state index contributed by atoms with van der Waals surface area (Å²) in [7, 11) is 1.65. The van der Waals surface area contributed by atoms with Crippen LogP contribution >= 0.6 is 27.3 Å². The molecule has 0 aliphatic carbocycles. The molecule has 5 heteroatoms. The Labute approximate surface area is 96.2 Å². The quantitative estimate of drug-likeness (QED) is 0.905. The maximum Gasteiger partial charge on any atom is 0.317 e. The highest BCUT2D eigenvalue weighted by Crippen LogP contribution is 2.23. The van der Waals surface area contributed by atoms with Crippen molar-refractivity contribution >= 4 is 33.3 Å². The van der Waals surface area contributed by atoms with Gasteiger partial charge in [-0.1, -0.05) is 0 Å². The van der Waals surface area contributed by atoms with E-state index in [-0.39, 0.29) is 6.03 Å². The molecule has 0 saturated heterocycles. The normalized spacial score (nSPS) is 9.93. The summed E-state index contributed by atoms with van der Waals surface area (Å²) in [5.74, 6) is 0. The molecule has 3 nitrogen and oxygen atoms in total. The number of amides is 2. The van der Waals surface area contributed by atoms with Crippen molar-refractivity contribution in [1.82, 2.24) is 10.2 Å². The number of halogens is 1. The standard InChI is InChI=1S/C9H13BrN2OS/c1-3-12(9(13)11-2)6-7-4-5-8(10)14-7/h4-5H,3,6H2,1-2H3,(H,11,13). The maximum absolute atomic E-state index is 11.4. The summed E-state index contributed by atoms with van der Waals surface area (Å²) >= 11 is 5.05. The van der Waals surface area contributed by atoms with Gasteiger partial charge in [0.25, 0.3) is 0 Å². The molecule has 1 aromatic rings.